The molecule has 2 atom stereocenters. The summed E-state index contributed by atoms with van der Waals surface area (Å²) in [6, 6.07) is 11.7. The average molecular weight is 346 g/mol. The fraction of sp³-hybridized carbons (Fsp3) is 0.294. The van der Waals surface area contributed by atoms with Crippen LogP contribution in [0.25, 0.3) is 0 Å². The van der Waals surface area contributed by atoms with Crippen LogP contribution >= 0.6 is 23.1 Å². The Kier molecular flexibility index (Phi) is 4.73. The molecule has 4 nitrogen and oxygen atoms in total. The number of nitrogens with zero attached hydrogens (tertiary/aromatic N) is 1. The Hall–Kier alpha value is -1.79. The van der Waals surface area contributed by atoms with Gasteiger partial charge in [0.2, 0.25) is 11.8 Å². The smallest absolute Gasteiger partial charge is 0.238 e. The minimum absolute atomic E-state index is 0.0158. The van der Waals surface area contributed by atoms with Crippen molar-refractivity contribution in [2.45, 2.75) is 29.5 Å². The predicted octanol–water partition coefficient (Wildman–Crippen LogP) is 3.77. The monoisotopic (exact) mass is 346 g/mol. The number of hydrogen-bond acceptors (Lipinski definition) is 4. The van der Waals surface area contributed by atoms with Crippen molar-refractivity contribution in [1.29, 1.82) is 0 Å². The number of carbonyl (C=O) groups excluding carboxylic acids is 2. The Balaban J connectivity index is 1.67. The quantitative estimate of drug-likeness (QED) is 0.917. The SMILES string of the molecule is CC(c1cccs1)N(C)C(=O)CC1Sc2ccccc2NC1=O. The molecule has 3 rings (SSSR count). The molecule has 1 aliphatic rings. The van der Waals surface area contributed by atoms with Crippen LogP contribution in [0.1, 0.15) is 24.3 Å². The van der Waals surface area contributed by atoms with E-state index in [1.54, 1.807) is 23.3 Å². The summed E-state index contributed by atoms with van der Waals surface area (Å²) >= 11 is 3.10. The van der Waals surface area contributed by atoms with Crippen molar-refractivity contribution in [3.05, 3.63) is 46.7 Å². The summed E-state index contributed by atoms with van der Waals surface area (Å²) in [4.78, 5) is 28.6. The minimum Gasteiger partial charge on any atom is -0.338 e. The molecule has 1 N–H and O–H groups in total. The summed E-state index contributed by atoms with van der Waals surface area (Å²) in [5, 5.41) is 4.51. The molecule has 2 unspecified atom stereocenters. The topological polar surface area (TPSA) is 49.4 Å². The van der Waals surface area contributed by atoms with Gasteiger partial charge in [-0.2, -0.15) is 0 Å². The zero-order valence-electron chi connectivity index (χ0n) is 13.0. The van der Waals surface area contributed by atoms with Gasteiger partial charge in [-0.25, -0.2) is 0 Å². The minimum atomic E-state index is -0.379. The molecule has 0 bridgehead atoms. The lowest BCUT2D eigenvalue weighted by Crippen LogP contribution is -2.36. The number of nitrogens with one attached hydrogen (secondary N) is 1. The maximum atomic E-state index is 12.5. The summed E-state index contributed by atoms with van der Waals surface area (Å²) in [5.41, 5.74) is 0.825. The molecule has 1 aromatic carbocycles. The Morgan fingerprint density at radius 2 is 2.09 bits per heavy atom. The highest BCUT2D eigenvalue weighted by Gasteiger charge is 2.30. The van der Waals surface area contributed by atoms with E-state index >= 15 is 0 Å². The van der Waals surface area contributed by atoms with Gasteiger partial charge in [-0.05, 0) is 30.5 Å². The first-order valence-electron chi connectivity index (χ1n) is 7.42. The lowest BCUT2D eigenvalue weighted by molar-refractivity contribution is -0.133. The van der Waals surface area contributed by atoms with Crippen molar-refractivity contribution in [3.63, 3.8) is 0 Å². The highest BCUT2D eigenvalue weighted by molar-refractivity contribution is 8.01. The Morgan fingerprint density at radius 1 is 1.30 bits per heavy atom. The molecule has 0 spiro atoms. The number of amides is 2. The lowest BCUT2D eigenvalue weighted by atomic mass is 10.2. The Bertz CT molecular complexity index is 715. The first-order chi connectivity index (χ1) is 11.1. The predicted molar refractivity (Wildman–Crippen MR) is 94.8 cm³/mol. The van der Waals surface area contributed by atoms with Crippen LogP contribution in [-0.2, 0) is 9.59 Å². The van der Waals surface area contributed by atoms with Crippen molar-refractivity contribution in [1.82, 2.24) is 4.90 Å². The number of anilines is 1. The largest absolute Gasteiger partial charge is 0.338 e. The molecule has 0 radical (unpaired) electrons. The first-order valence-corrected chi connectivity index (χ1v) is 9.18. The number of hydrogen-bond donors (Lipinski definition) is 1. The van der Waals surface area contributed by atoms with E-state index in [4.69, 9.17) is 0 Å². The third-order valence-electron chi connectivity index (χ3n) is 4.00. The number of para-hydroxylation sites is 1. The van der Waals surface area contributed by atoms with Crippen molar-refractivity contribution >= 4 is 40.6 Å². The second-order valence-electron chi connectivity index (χ2n) is 5.49. The normalized spacial score (nSPS) is 18.0. The van der Waals surface area contributed by atoms with Crippen LogP contribution in [0.5, 0.6) is 0 Å². The summed E-state index contributed by atoms with van der Waals surface area (Å²) in [7, 11) is 1.80. The molecule has 1 aromatic heterocycles. The van der Waals surface area contributed by atoms with E-state index in [1.165, 1.54) is 11.8 Å². The van der Waals surface area contributed by atoms with Crippen LogP contribution in [0, 0.1) is 0 Å². The van der Waals surface area contributed by atoms with Crippen molar-refractivity contribution < 1.29 is 9.59 Å². The third-order valence-corrected chi connectivity index (χ3v) is 6.31. The molecule has 2 heterocycles. The van der Waals surface area contributed by atoms with Gasteiger partial charge in [0.15, 0.2) is 0 Å². The maximum Gasteiger partial charge on any atom is 0.238 e. The van der Waals surface area contributed by atoms with E-state index in [2.05, 4.69) is 5.32 Å². The van der Waals surface area contributed by atoms with Crippen LogP contribution in [0.2, 0.25) is 0 Å². The molecule has 1 aliphatic heterocycles. The molecular weight excluding hydrogens is 328 g/mol. The van der Waals surface area contributed by atoms with Gasteiger partial charge in [-0.1, -0.05) is 18.2 Å². The summed E-state index contributed by atoms with van der Waals surface area (Å²) in [5.74, 6) is -0.114. The molecule has 120 valence electrons. The highest BCUT2D eigenvalue weighted by Crippen LogP contribution is 2.37. The lowest BCUT2D eigenvalue weighted by Gasteiger charge is -2.28. The van der Waals surface area contributed by atoms with Crippen molar-refractivity contribution in [3.8, 4) is 0 Å². The number of fused-ring (bicyclic) bond motifs is 1. The molecule has 2 aromatic rings. The van der Waals surface area contributed by atoms with Gasteiger partial charge in [0.1, 0.15) is 0 Å². The molecular formula is C17H18N2O2S2. The molecule has 2 amide bonds. The zero-order valence-corrected chi connectivity index (χ0v) is 14.6. The van der Waals surface area contributed by atoms with Gasteiger partial charge in [0.05, 0.1) is 17.0 Å². The van der Waals surface area contributed by atoms with Gasteiger partial charge in [0, 0.05) is 23.2 Å². The van der Waals surface area contributed by atoms with Gasteiger partial charge in [-0.3, -0.25) is 9.59 Å². The fourth-order valence-electron chi connectivity index (χ4n) is 2.47. The summed E-state index contributed by atoms with van der Waals surface area (Å²) in [6.07, 6.45) is 0.205. The van der Waals surface area contributed by atoms with E-state index in [-0.39, 0.29) is 29.5 Å². The Morgan fingerprint density at radius 3 is 2.83 bits per heavy atom. The Labute approximate surface area is 143 Å². The molecule has 0 saturated heterocycles. The van der Waals surface area contributed by atoms with Gasteiger partial charge >= 0.3 is 0 Å². The van der Waals surface area contributed by atoms with Crippen LogP contribution in [0.4, 0.5) is 5.69 Å². The molecule has 0 aliphatic carbocycles. The number of thioether (sulfide) groups is 1. The number of carbonyl (C=O) groups is 2. The maximum absolute atomic E-state index is 12.5. The highest BCUT2D eigenvalue weighted by atomic mass is 32.2. The number of benzene rings is 1. The van der Waals surface area contributed by atoms with E-state index in [1.807, 2.05) is 48.7 Å². The van der Waals surface area contributed by atoms with Crippen LogP contribution in [-0.4, -0.2) is 29.0 Å². The van der Waals surface area contributed by atoms with E-state index in [0.717, 1.165) is 15.5 Å². The van der Waals surface area contributed by atoms with Crippen LogP contribution < -0.4 is 5.32 Å². The van der Waals surface area contributed by atoms with E-state index < -0.39 is 0 Å². The van der Waals surface area contributed by atoms with Crippen LogP contribution in [0.15, 0.2) is 46.7 Å². The second-order valence-corrected chi connectivity index (χ2v) is 7.72. The van der Waals surface area contributed by atoms with Gasteiger partial charge in [-0.15, -0.1) is 23.1 Å². The van der Waals surface area contributed by atoms with Crippen LogP contribution in [0.3, 0.4) is 0 Å². The molecule has 6 heteroatoms. The third kappa shape index (κ3) is 3.43. The summed E-state index contributed by atoms with van der Waals surface area (Å²) < 4.78 is 0. The fourth-order valence-corrected chi connectivity index (χ4v) is 4.39. The molecule has 0 saturated carbocycles. The average Bonchev–Trinajstić information content (AvgIpc) is 3.08. The van der Waals surface area contributed by atoms with Crippen molar-refractivity contribution in [2.75, 3.05) is 12.4 Å². The van der Waals surface area contributed by atoms with Gasteiger partial charge in [0.25, 0.3) is 0 Å². The van der Waals surface area contributed by atoms with E-state index in [9.17, 15) is 9.59 Å². The van der Waals surface area contributed by atoms with Gasteiger partial charge < -0.3 is 10.2 Å². The molecule has 0 fully saturated rings. The summed E-state index contributed by atoms with van der Waals surface area (Å²) in [6.45, 7) is 2.01. The first kappa shape index (κ1) is 16.1. The number of rotatable bonds is 4. The second kappa shape index (κ2) is 6.76. The van der Waals surface area contributed by atoms with Crippen molar-refractivity contribution in [2.24, 2.45) is 0 Å². The molecule has 23 heavy (non-hydrogen) atoms. The standard InChI is InChI=1S/C17H18N2O2S2/c1-11(13-8-5-9-22-13)19(2)16(20)10-15-17(21)18-12-6-3-4-7-14(12)23-15/h3-9,11,15H,10H2,1-2H3,(H,18,21). The zero-order chi connectivity index (χ0) is 16.4. The van der Waals surface area contributed by atoms with E-state index in [0.29, 0.717) is 0 Å². The number of thiophene rings is 1.